The standard InChI is InChI=1S/C15H14BrFN2O4S/c1-23-14-6-4-10(8-13(14)19-24(2,21)22)18-15(20)11-5-3-9(16)7-12(11)17/h3-8,19H,1-2H3,(H,18,20). The van der Waals surface area contributed by atoms with Crippen LogP contribution in [-0.2, 0) is 10.0 Å². The number of halogens is 2. The van der Waals surface area contributed by atoms with Crippen molar-refractivity contribution < 1.29 is 22.3 Å². The van der Waals surface area contributed by atoms with Crippen molar-refractivity contribution in [2.24, 2.45) is 0 Å². The quantitative estimate of drug-likeness (QED) is 0.783. The van der Waals surface area contributed by atoms with E-state index < -0.39 is 21.7 Å². The van der Waals surface area contributed by atoms with Gasteiger partial charge in [-0.25, -0.2) is 12.8 Å². The van der Waals surface area contributed by atoms with E-state index in [2.05, 4.69) is 26.0 Å². The molecule has 0 heterocycles. The van der Waals surface area contributed by atoms with Crippen LogP contribution in [-0.4, -0.2) is 27.7 Å². The van der Waals surface area contributed by atoms with E-state index in [0.717, 1.165) is 6.26 Å². The lowest BCUT2D eigenvalue weighted by molar-refractivity contribution is 0.102. The molecule has 2 N–H and O–H groups in total. The van der Waals surface area contributed by atoms with E-state index in [0.29, 0.717) is 4.47 Å². The Morgan fingerprint density at radius 2 is 1.92 bits per heavy atom. The van der Waals surface area contributed by atoms with Crippen LogP contribution in [0, 0.1) is 5.82 Å². The van der Waals surface area contributed by atoms with Gasteiger partial charge in [0.2, 0.25) is 10.0 Å². The molecule has 0 bridgehead atoms. The number of amides is 1. The number of nitrogens with one attached hydrogen (secondary N) is 2. The van der Waals surface area contributed by atoms with Gasteiger partial charge in [0.1, 0.15) is 11.6 Å². The molecular formula is C15H14BrFN2O4S. The lowest BCUT2D eigenvalue weighted by Crippen LogP contribution is -2.15. The smallest absolute Gasteiger partial charge is 0.258 e. The Morgan fingerprint density at radius 3 is 2.50 bits per heavy atom. The average molecular weight is 417 g/mol. The molecule has 24 heavy (non-hydrogen) atoms. The minimum Gasteiger partial charge on any atom is -0.495 e. The Balaban J connectivity index is 2.29. The normalized spacial score (nSPS) is 11.0. The number of methoxy groups -OCH3 is 1. The number of ether oxygens (including phenoxy) is 1. The van der Waals surface area contributed by atoms with Crippen LogP contribution in [0.3, 0.4) is 0 Å². The number of hydrogen-bond acceptors (Lipinski definition) is 4. The molecule has 128 valence electrons. The van der Waals surface area contributed by atoms with Crippen LogP contribution in [0.2, 0.25) is 0 Å². The summed E-state index contributed by atoms with van der Waals surface area (Å²) in [5.74, 6) is -1.05. The lowest BCUT2D eigenvalue weighted by atomic mass is 10.2. The topological polar surface area (TPSA) is 84.5 Å². The van der Waals surface area contributed by atoms with Gasteiger partial charge in [-0.15, -0.1) is 0 Å². The monoisotopic (exact) mass is 416 g/mol. The largest absolute Gasteiger partial charge is 0.495 e. The zero-order valence-corrected chi connectivity index (χ0v) is 15.2. The summed E-state index contributed by atoms with van der Waals surface area (Å²) in [5, 5.41) is 2.51. The molecule has 0 fully saturated rings. The van der Waals surface area contributed by atoms with Crippen molar-refractivity contribution in [2.45, 2.75) is 0 Å². The maximum absolute atomic E-state index is 13.8. The molecule has 0 aromatic heterocycles. The number of carbonyl (C=O) groups excluding carboxylic acids is 1. The van der Waals surface area contributed by atoms with Gasteiger partial charge in [0.05, 0.1) is 24.6 Å². The second-order valence-corrected chi connectivity index (χ2v) is 7.53. The summed E-state index contributed by atoms with van der Waals surface area (Å²) >= 11 is 3.11. The van der Waals surface area contributed by atoms with E-state index in [-0.39, 0.29) is 22.7 Å². The molecule has 0 aliphatic carbocycles. The summed E-state index contributed by atoms with van der Waals surface area (Å²) in [6.45, 7) is 0. The molecule has 9 heteroatoms. The van der Waals surface area contributed by atoms with Crippen molar-refractivity contribution in [2.75, 3.05) is 23.4 Å². The Kier molecular flexibility index (Phi) is 5.45. The van der Waals surface area contributed by atoms with Gasteiger partial charge in [-0.05, 0) is 36.4 Å². The molecule has 0 unspecified atom stereocenters. The first-order chi connectivity index (χ1) is 11.2. The molecule has 0 aliphatic heterocycles. The minimum atomic E-state index is -3.53. The summed E-state index contributed by atoms with van der Waals surface area (Å²) in [7, 11) is -2.14. The van der Waals surface area contributed by atoms with Gasteiger partial charge in [-0.2, -0.15) is 0 Å². The SMILES string of the molecule is COc1ccc(NC(=O)c2ccc(Br)cc2F)cc1NS(C)(=O)=O. The van der Waals surface area contributed by atoms with Crippen LogP contribution in [0.25, 0.3) is 0 Å². The third-order valence-corrected chi connectivity index (χ3v) is 4.01. The Hall–Kier alpha value is -2.13. The third kappa shape index (κ3) is 4.68. The van der Waals surface area contributed by atoms with Gasteiger partial charge < -0.3 is 10.1 Å². The summed E-state index contributed by atoms with van der Waals surface area (Å²) in [5.41, 5.74) is 0.315. The van der Waals surface area contributed by atoms with Crippen LogP contribution >= 0.6 is 15.9 Å². The molecule has 2 rings (SSSR count). The molecule has 0 saturated carbocycles. The van der Waals surface area contributed by atoms with Gasteiger partial charge in [0.25, 0.3) is 5.91 Å². The van der Waals surface area contributed by atoms with Crippen molar-refractivity contribution in [1.29, 1.82) is 0 Å². The number of hydrogen-bond donors (Lipinski definition) is 2. The Bertz CT molecular complexity index is 887. The van der Waals surface area contributed by atoms with E-state index in [1.807, 2.05) is 0 Å². The molecule has 0 spiro atoms. The van der Waals surface area contributed by atoms with Gasteiger partial charge >= 0.3 is 0 Å². The molecule has 0 atom stereocenters. The molecule has 2 aromatic carbocycles. The van der Waals surface area contributed by atoms with Crippen molar-refractivity contribution in [3.8, 4) is 5.75 Å². The van der Waals surface area contributed by atoms with Gasteiger partial charge in [-0.3, -0.25) is 9.52 Å². The highest BCUT2D eigenvalue weighted by Gasteiger charge is 2.14. The number of benzene rings is 2. The first-order valence-corrected chi connectivity index (χ1v) is 9.30. The summed E-state index contributed by atoms with van der Waals surface area (Å²) in [6.07, 6.45) is 0.995. The van der Waals surface area contributed by atoms with Gasteiger partial charge in [0, 0.05) is 10.2 Å². The van der Waals surface area contributed by atoms with Crippen LogP contribution in [0.15, 0.2) is 40.9 Å². The van der Waals surface area contributed by atoms with E-state index in [1.54, 1.807) is 6.07 Å². The average Bonchev–Trinajstić information content (AvgIpc) is 2.45. The first kappa shape index (κ1) is 18.2. The van der Waals surface area contributed by atoms with E-state index in [9.17, 15) is 17.6 Å². The number of rotatable bonds is 5. The van der Waals surface area contributed by atoms with Gasteiger partial charge in [-0.1, -0.05) is 15.9 Å². The first-order valence-electron chi connectivity index (χ1n) is 6.62. The number of carbonyl (C=O) groups is 1. The van der Waals surface area contributed by atoms with Crippen molar-refractivity contribution in [1.82, 2.24) is 0 Å². The molecule has 6 nitrogen and oxygen atoms in total. The van der Waals surface area contributed by atoms with Crippen molar-refractivity contribution in [3.63, 3.8) is 0 Å². The summed E-state index contributed by atoms with van der Waals surface area (Å²) < 4.78 is 44.5. The van der Waals surface area contributed by atoms with Crippen LogP contribution in [0.5, 0.6) is 5.75 Å². The second kappa shape index (κ2) is 7.18. The summed E-state index contributed by atoms with van der Waals surface area (Å²) in [4.78, 5) is 12.2. The van der Waals surface area contributed by atoms with E-state index >= 15 is 0 Å². The highest BCUT2D eigenvalue weighted by molar-refractivity contribution is 9.10. The highest BCUT2D eigenvalue weighted by Crippen LogP contribution is 2.29. The molecule has 0 saturated heterocycles. The molecule has 0 aliphatic rings. The predicted molar refractivity (Wildman–Crippen MR) is 93.5 cm³/mol. The van der Waals surface area contributed by atoms with Crippen molar-refractivity contribution >= 4 is 43.2 Å². The number of sulfonamides is 1. The number of anilines is 2. The maximum atomic E-state index is 13.8. The molecule has 1 amide bonds. The van der Waals surface area contributed by atoms with E-state index in [4.69, 9.17) is 4.74 Å². The fraction of sp³-hybridized carbons (Fsp3) is 0.133. The fourth-order valence-electron chi connectivity index (χ4n) is 1.94. The second-order valence-electron chi connectivity index (χ2n) is 4.87. The Labute approximate surface area is 147 Å². The molecule has 0 radical (unpaired) electrons. The van der Waals surface area contributed by atoms with Gasteiger partial charge in [0.15, 0.2) is 0 Å². The third-order valence-electron chi connectivity index (χ3n) is 2.93. The summed E-state index contributed by atoms with van der Waals surface area (Å²) in [6, 6.07) is 8.45. The van der Waals surface area contributed by atoms with Crippen molar-refractivity contribution in [3.05, 3.63) is 52.3 Å². The molecule has 2 aromatic rings. The maximum Gasteiger partial charge on any atom is 0.258 e. The van der Waals surface area contributed by atoms with Crippen LogP contribution in [0.4, 0.5) is 15.8 Å². The zero-order chi connectivity index (χ0) is 17.9. The van der Waals surface area contributed by atoms with E-state index in [1.165, 1.54) is 37.4 Å². The fourth-order valence-corrected chi connectivity index (χ4v) is 2.83. The predicted octanol–water partition coefficient (Wildman–Crippen LogP) is 3.22. The van der Waals surface area contributed by atoms with Crippen LogP contribution in [0.1, 0.15) is 10.4 Å². The highest BCUT2D eigenvalue weighted by atomic mass is 79.9. The minimum absolute atomic E-state index is 0.133. The zero-order valence-electron chi connectivity index (χ0n) is 12.8. The van der Waals surface area contributed by atoms with Crippen LogP contribution < -0.4 is 14.8 Å². The Morgan fingerprint density at radius 1 is 1.21 bits per heavy atom. The molecular weight excluding hydrogens is 403 g/mol. The lowest BCUT2D eigenvalue weighted by Gasteiger charge is -2.12.